The summed E-state index contributed by atoms with van der Waals surface area (Å²) in [6, 6.07) is 35.3. The van der Waals surface area contributed by atoms with Gasteiger partial charge in [-0.2, -0.15) is 0 Å². The molecule has 0 atom stereocenters. The van der Waals surface area contributed by atoms with Gasteiger partial charge in [-0.05, 0) is 64.7 Å². The minimum absolute atomic E-state index is 0.721. The molecule has 144 valence electrons. The molecule has 2 nitrogen and oxygen atoms in total. The summed E-state index contributed by atoms with van der Waals surface area (Å²) in [4.78, 5) is 4.96. The van der Waals surface area contributed by atoms with Gasteiger partial charge >= 0.3 is 0 Å². The van der Waals surface area contributed by atoms with Gasteiger partial charge in [0.2, 0.25) is 0 Å². The second-order valence-corrected chi connectivity index (χ2v) is 8.21. The first-order valence-corrected chi connectivity index (χ1v) is 10.6. The van der Waals surface area contributed by atoms with Crippen molar-refractivity contribution in [3.05, 3.63) is 108 Å². The molecule has 0 amide bonds. The summed E-state index contributed by atoms with van der Waals surface area (Å²) in [7, 11) is 0. The molecular weight excluding hydrogens is 432 g/mol. The van der Waals surface area contributed by atoms with Gasteiger partial charge < -0.3 is 5.73 Å². The molecule has 1 heterocycles. The van der Waals surface area contributed by atoms with Gasteiger partial charge in [0.15, 0.2) is 0 Å². The Kier molecular flexibility index (Phi) is 4.82. The van der Waals surface area contributed by atoms with E-state index in [2.05, 4.69) is 82.7 Å². The second-order valence-electron chi connectivity index (χ2n) is 7.29. The fourth-order valence-electron chi connectivity index (χ4n) is 3.81. The van der Waals surface area contributed by atoms with E-state index in [1.165, 1.54) is 11.1 Å². The summed E-state index contributed by atoms with van der Waals surface area (Å²) in [6.07, 6.45) is 0. The lowest BCUT2D eigenvalue weighted by molar-refractivity contribution is 1.40. The van der Waals surface area contributed by atoms with Crippen LogP contribution in [0.2, 0.25) is 0 Å². The molecule has 30 heavy (non-hydrogen) atoms. The third-order valence-corrected chi connectivity index (χ3v) is 5.70. The van der Waals surface area contributed by atoms with Gasteiger partial charge in [0, 0.05) is 21.1 Å². The largest absolute Gasteiger partial charge is 0.399 e. The van der Waals surface area contributed by atoms with Gasteiger partial charge in [0.05, 0.1) is 11.2 Å². The third-order valence-electron chi connectivity index (χ3n) is 5.21. The normalized spacial score (nSPS) is 11.0. The van der Waals surface area contributed by atoms with E-state index in [1.807, 2.05) is 36.4 Å². The zero-order valence-electron chi connectivity index (χ0n) is 16.2. The predicted molar refractivity (Wildman–Crippen MR) is 130 cm³/mol. The highest BCUT2D eigenvalue weighted by atomic mass is 79.9. The molecule has 5 aromatic rings. The molecule has 0 spiro atoms. The lowest BCUT2D eigenvalue weighted by atomic mass is 9.96. The molecule has 1 aromatic heterocycles. The van der Waals surface area contributed by atoms with Crippen LogP contribution in [0.15, 0.2) is 108 Å². The molecule has 2 N–H and O–H groups in total. The van der Waals surface area contributed by atoms with Crippen LogP contribution < -0.4 is 5.73 Å². The number of para-hydroxylation sites is 1. The first-order chi connectivity index (χ1) is 14.7. The average molecular weight is 451 g/mol. The van der Waals surface area contributed by atoms with Crippen molar-refractivity contribution in [1.82, 2.24) is 4.98 Å². The Morgan fingerprint density at radius 3 is 2.17 bits per heavy atom. The molecule has 0 radical (unpaired) electrons. The van der Waals surface area contributed by atoms with Crippen LogP contribution in [-0.2, 0) is 0 Å². The van der Waals surface area contributed by atoms with Crippen molar-refractivity contribution < 1.29 is 0 Å². The van der Waals surface area contributed by atoms with Crippen LogP contribution >= 0.6 is 15.9 Å². The van der Waals surface area contributed by atoms with E-state index in [9.17, 15) is 0 Å². The standard InChI is InChI=1S/C27H19BrN2/c28-22-10-6-9-19(14-22)20-13-21(16-23(29)15-20)27-17-25(18-7-2-1-3-8-18)24-11-4-5-12-26(24)30-27/h1-17H,29H2. The van der Waals surface area contributed by atoms with Crippen LogP contribution in [0.1, 0.15) is 0 Å². The average Bonchev–Trinajstić information content (AvgIpc) is 2.78. The summed E-state index contributed by atoms with van der Waals surface area (Å²) in [6.45, 7) is 0. The number of hydrogen-bond donors (Lipinski definition) is 1. The Labute approximate surface area is 184 Å². The number of fused-ring (bicyclic) bond motifs is 1. The summed E-state index contributed by atoms with van der Waals surface area (Å²) >= 11 is 3.56. The van der Waals surface area contributed by atoms with Crippen molar-refractivity contribution in [3.63, 3.8) is 0 Å². The lowest BCUT2D eigenvalue weighted by Crippen LogP contribution is -1.93. The molecule has 4 aromatic carbocycles. The number of nitrogen functional groups attached to an aromatic ring is 1. The van der Waals surface area contributed by atoms with Gasteiger partial charge in [0.25, 0.3) is 0 Å². The van der Waals surface area contributed by atoms with Crippen molar-refractivity contribution >= 4 is 32.5 Å². The minimum atomic E-state index is 0.721. The summed E-state index contributed by atoms with van der Waals surface area (Å²) in [5.74, 6) is 0. The fourth-order valence-corrected chi connectivity index (χ4v) is 4.21. The number of nitrogens with two attached hydrogens (primary N) is 1. The van der Waals surface area contributed by atoms with Crippen LogP contribution in [0.3, 0.4) is 0 Å². The van der Waals surface area contributed by atoms with E-state index in [4.69, 9.17) is 10.7 Å². The Hall–Kier alpha value is -3.43. The van der Waals surface area contributed by atoms with Crippen LogP contribution in [0, 0.1) is 0 Å². The number of anilines is 1. The maximum atomic E-state index is 6.29. The molecule has 0 unspecified atom stereocenters. The van der Waals surface area contributed by atoms with E-state index >= 15 is 0 Å². The Morgan fingerprint density at radius 2 is 1.33 bits per heavy atom. The van der Waals surface area contributed by atoms with E-state index in [0.29, 0.717) is 0 Å². The SMILES string of the molecule is Nc1cc(-c2cccc(Br)c2)cc(-c2cc(-c3ccccc3)c3ccccc3n2)c1. The molecule has 0 aliphatic heterocycles. The van der Waals surface area contributed by atoms with E-state index in [0.717, 1.165) is 43.4 Å². The van der Waals surface area contributed by atoms with Gasteiger partial charge in [-0.3, -0.25) is 0 Å². The third kappa shape index (κ3) is 3.60. The highest BCUT2D eigenvalue weighted by molar-refractivity contribution is 9.10. The van der Waals surface area contributed by atoms with Crippen LogP contribution in [0.25, 0.3) is 44.4 Å². The molecule has 0 saturated carbocycles. The van der Waals surface area contributed by atoms with Gasteiger partial charge in [-0.25, -0.2) is 4.98 Å². The van der Waals surface area contributed by atoms with Crippen LogP contribution in [0.5, 0.6) is 0 Å². The second kappa shape index (κ2) is 7.77. The molecular formula is C27H19BrN2. The molecule has 0 aliphatic carbocycles. The number of halogens is 1. The van der Waals surface area contributed by atoms with Gasteiger partial charge in [-0.15, -0.1) is 0 Å². The van der Waals surface area contributed by atoms with Crippen molar-refractivity contribution in [3.8, 4) is 33.5 Å². The predicted octanol–water partition coefficient (Wildman–Crippen LogP) is 7.58. The van der Waals surface area contributed by atoms with Crippen molar-refractivity contribution in [1.29, 1.82) is 0 Å². The zero-order valence-corrected chi connectivity index (χ0v) is 17.8. The van der Waals surface area contributed by atoms with E-state index < -0.39 is 0 Å². The maximum absolute atomic E-state index is 6.29. The number of aromatic nitrogens is 1. The summed E-state index contributed by atoms with van der Waals surface area (Å²) < 4.78 is 1.04. The fraction of sp³-hybridized carbons (Fsp3) is 0. The smallest absolute Gasteiger partial charge is 0.0716 e. The first-order valence-electron chi connectivity index (χ1n) is 9.79. The van der Waals surface area contributed by atoms with Crippen molar-refractivity contribution in [2.45, 2.75) is 0 Å². The minimum Gasteiger partial charge on any atom is -0.399 e. The van der Waals surface area contributed by atoms with E-state index in [1.54, 1.807) is 0 Å². The molecule has 0 bridgehead atoms. The number of benzene rings is 4. The van der Waals surface area contributed by atoms with Crippen molar-refractivity contribution in [2.24, 2.45) is 0 Å². The molecule has 5 rings (SSSR count). The summed E-state index contributed by atoms with van der Waals surface area (Å²) in [5, 5.41) is 1.14. The van der Waals surface area contributed by atoms with Crippen LogP contribution in [0.4, 0.5) is 5.69 Å². The van der Waals surface area contributed by atoms with Crippen molar-refractivity contribution in [2.75, 3.05) is 5.73 Å². The monoisotopic (exact) mass is 450 g/mol. The molecule has 0 fully saturated rings. The highest BCUT2D eigenvalue weighted by Gasteiger charge is 2.11. The zero-order chi connectivity index (χ0) is 20.5. The quantitative estimate of drug-likeness (QED) is 0.287. The Morgan fingerprint density at radius 1 is 0.600 bits per heavy atom. The molecule has 0 aliphatic rings. The summed E-state index contributed by atoms with van der Waals surface area (Å²) in [5.41, 5.74) is 14.4. The molecule has 3 heteroatoms. The Balaban J connectivity index is 1.72. The van der Waals surface area contributed by atoms with Gasteiger partial charge in [0.1, 0.15) is 0 Å². The van der Waals surface area contributed by atoms with Gasteiger partial charge in [-0.1, -0.05) is 76.6 Å². The number of rotatable bonds is 3. The maximum Gasteiger partial charge on any atom is 0.0716 e. The lowest BCUT2D eigenvalue weighted by Gasteiger charge is -2.12. The van der Waals surface area contributed by atoms with E-state index in [-0.39, 0.29) is 0 Å². The number of nitrogens with zero attached hydrogens (tertiary/aromatic N) is 1. The highest BCUT2D eigenvalue weighted by Crippen LogP contribution is 2.34. The van der Waals surface area contributed by atoms with Crippen LogP contribution in [-0.4, -0.2) is 4.98 Å². The number of pyridine rings is 1. The first kappa shape index (κ1) is 18.6. The number of hydrogen-bond acceptors (Lipinski definition) is 2. The molecule has 0 saturated heterocycles. The topological polar surface area (TPSA) is 38.9 Å². The Bertz CT molecular complexity index is 1360.